The van der Waals surface area contributed by atoms with Gasteiger partial charge in [0.25, 0.3) is 5.91 Å². The summed E-state index contributed by atoms with van der Waals surface area (Å²) < 4.78 is 0. The molecule has 4 rings (SSSR count). The normalized spacial score (nSPS) is 12.5. The first-order chi connectivity index (χ1) is 11.8. The van der Waals surface area contributed by atoms with E-state index < -0.39 is 0 Å². The summed E-state index contributed by atoms with van der Waals surface area (Å²) in [4.78, 5) is 20.5. The number of imidazole rings is 1. The van der Waals surface area contributed by atoms with Gasteiger partial charge in [0.2, 0.25) is 0 Å². The number of hydrogen-bond acceptors (Lipinski definition) is 4. The molecule has 0 unspecified atom stereocenters. The van der Waals surface area contributed by atoms with Crippen LogP contribution in [0.3, 0.4) is 0 Å². The molecule has 0 aliphatic rings. The van der Waals surface area contributed by atoms with Crippen LogP contribution in [-0.4, -0.2) is 31.3 Å². The van der Waals surface area contributed by atoms with Crippen LogP contribution in [0.5, 0.6) is 0 Å². The number of nitrogens with one attached hydrogen (secondary N) is 3. The summed E-state index contributed by atoms with van der Waals surface area (Å²) in [6.45, 7) is 2.01. The van der Waals surface area contributed by atoms with Crippen LogP contribution in [-0.2, 0) is 0 Å². The van der Waals surface area contributed by atoms with Crippen LogP contribution in [0.15, 0.2) is 42.5 Å². The minimum absolute atomic E-state index is 0.193. The lowest BCUT2D eigenvalue weighted by Crippen LogP contribution is -2.29. The summed E-state index contributed by atoms with van der Waals surface area (Å²) in [6.07, 6.45) is 0.723. The van der Waals surface area contributed by atoms with Gasteiger partial charge in [-0.3, -0.25) is 4.79 Å². The Labute approximate surface area is 137 Å². The zero-order valence-corrected chi connectivity index (χ0v) is 13.1. The van der Waals surface area contributed by atoms with E-state index in [1.165, 1.54) is 0 Å². The van der Waals surface area contributed by atoms with E-state index in [2.05, 4.69) is 30.7 Å². The van der Waals surface area contributed by atoms with Crippen molar-refractivity contribution in [3.63, 3.8) is 0 Å². The Hall–Kier alpha value is -3.22. The second kappa shape index (κ2) is 5.77. The van der Waals surface area contributed by atoms with E-state index in [9.17, 15) is 4.79 Å². The molecule has 2 heterocycles. The SMILES string of the molecule is CC[C@H](NC(=O)c1cccc2n[nH]nc12)c1nc2ccccc2[nH]1. The number of aromatic amines is 2. The number of para-hydroxylation sites is 3. The zero-order chi connectivity index (χ0) is 16.5. The second-order valence-electron chi connectivity index (χ2n) is 5.57. The molecule has 0 saturated carbocycles. The molecule has 4 aromatic rings. The lowest BCUT2D eigenvalue weighted by molar-refractivity contribution is 0.0935. The maximum Gasteiger partial charge on any atom is 0.254 e. The Kier molecular flexibility index (Phi) is 3.45. The van der Waals surface area contributed by atoms with Gasteiger partial charge in [-0.2, -0.15) is 15.4 Å². The highest BCUT2D eigenvalue weighted by molar-refractivity contribution is 6.04. The molecule has 0 fully saturated rings. The van der Waals surface area contributed by atoms with Crippen molar-refractivity contribution in [1.29, 1.82) is 0 Å². The molecular formula is C17H16N6O. The molecule has 1 atom stereocenters. The van der Waals surface area contributed by atoms with E-state index >= 15 is 0 Å². The summed E-state index contributed by atoms with van der Waals surface area (Å²) in [5.41, 5.74) is 3.57. The third-order valence-electron chi connectivity index (χ3n) is 4.04. The third kappa shape index (κ3) is 2.40. The van der Waals surface area contributed by atoms with Gasteiger partial charge in [-0.15, -0.1) is 0 Å². The van der Waals surface area contributed by atoms with Crippen molar-refractivity contribution in [2.24, 2.45) is 0 Å². The molecule has 7 nitrogen and oxygen atoms in total. The molecule has 0 bridgehead atoms. The lowest BCUT2D eigenvalue weighted by atomic mass is 10.1. The highest BCUT2D eigenvalue weighted by atomic mass is 16.1. The Bertz CT molecular complexity index is 985. The molecule has 2 aromatic heterocycles. The van der Waals surface area contributed by atoms with Gasteiger partial charge in [0.1, 0.15) is 16.9 Å². The predicted octanol–water partition coefficient (Wildman–Crippen LogP) is 2.72. The molecule has 0 radical (unpaired) electrons. The van der Waals surface area contributed by atoms with E-state index in [0.29, 0.717) is 16.6 Å². The van der Waals surface area contributed by atoms with Gasteiger partial charge in [0.15, 0.2) is 0 Å². The smallest absolute Gasteiger partial charge is 0.254 e. The van der Waals surface area contributed by atoms with E-state index in [1.807, 2.05) is 37.3 Å². The Morgan fingerprint density at radius 1 is 1.12 bits per heavy atom. The number of H-pyrrole nitrogens is 2. The molecular weight excluding hydrogens is 304 g/mol. The molecule has 0 saturated heterocycles. The summed E-state index contributed by atoms with van der Waals surface area (Å²) in [5.74, 6) is 0.557. The molecule has 2 aromatic carbocycles. The van der Waals surface area contributed by atoms with Gasteiger partial charge < -0.3 is 10.3 Å². The van der Waals surface area contributed by atoms with E-state index in [4.69, 9.17) is 0 Å². The van der Waals surface area contributed by atoms with Crippen LogP contribution in [0.2, 0.25) is 0 Å². The number of aromatic nitrogens is 5. The van der Waals surface area contributed by atoms with Crippen LogP contribution >= 0.6 is 0 Å². The van der Waals surface area contributed by atoms with E-state index in [1.54, 1.807) is 12.1 Å². The van der Waals surface area contributed by atoms with Crippen LogP contribution in [0.1, 0.15) is 35.6 Å². The van der Waals surface area contributed by atoms with Crippen molar-refractivity contribution < 1.29 is 4.79 Å². The number of carbonyl (C=O) groups is 1. The van der Waals surface area contributed by atoms with Gasteiger partial charge in [0.05, 0.1) is 22.6 Å². The molecule has 3 N–H and O–H groups in total. The fourth-order valence-electron chi connectivity index (χ4n) is 2.79. The van der Waals surface area contributed by atoms with Gasteiger partial charge >= 0.3 is 0 Å². The van der Waals surface area contributed by atoms with Crippen molar-refractivity contribution in [1.82, 2.24) is 30.7 Å². The van der Waals surface area contributed by atoms with Gasteiger partial charge in [-0.1, -0.05) is 25.1 Å². The highest BCUT2D eigenvalue weighted by Crippen LogP contribution is 2.20. The van der Waals surface area contributed by atoms with Crippen LogP contribution in [0, 0.1) is 0 Å². The first-order valence-electron chi connectivity index (χ1n) is 7.81. The van der Waals surface area contributed by atoms with Crippen molar-refractivity contribution in [2.75, 3.05) is 0 Å². The summed E-state index contributed by atoms with van der Waals surface area (Å²) in [7, 11) is 0. The van der Waals surface area contributed by atoms with Crippen molar-refractivity contribution >= 4 is 28.0 Å². The number of hydrogen-bond donors (Lipinski definition) is 3. The number of fused-ring (bicyclic) bond motifs is 2. The molecule has 0 aliphatic carbocycles. The Balaban J connectivity index is 1.64. The predicted molar refractivity (Wildman–Crippen MR) is 90.5 cm³/mol. The second-order valence-corrected chi connectivity index (χ2v) is 5.57. The molecule has 24 heavy (non-hydrogen) atoms. The summed E-state index contributed by atoms with van der Waals surface area (Å²) >= 11 is 0. The minimum Gasteiger partial charge on any atom is -0.342 e. The first kappa shape index (κ1) is 14.4. The molecule has 0 aliphatic heterocycles. The van der Waals surface area contributed by atoms with Gasteiger partial charge in [-0.25, -0.2) is 4.98 Å². The average Bonchev–Trinajstić information content (AvgIpc) is 3.25. The maximum atomic E-state index is 12.7. The van der Waals surface area contributed by atoms with Crippen molar-refractivity contribution in [3.8, 4) is 0 Å². The fourth-order valence-corrected chi connectivity index (χ4v) is 2.79. The number of benzene rings is 2. The number of amides is 1. The van der Waals surface area contributed by atoms with Crippen molar-refractivity contribution in [2.45, 2.75) is 19.4 Å². The average molecular weight is 320 g/mol. The van der Waals surface area contributed by atoms with Crippen LogP contribution in [0.4, 0.5) is 0 Å². The third-order valence-corrected chi connectivity index (χ3v) is 4.04. The molecule has 120 valence electrons. The summed E-state index contributed by atoms with van der Waals surface area (Å²) in [6, 6.07) is 13.0. The van der Waals surface area contributed by atoms with Crippen LogP contribution < -0.4 is 5.32 Å². The quantitative estimate of drug-likeness (QED) is 0.538. The Morgan fingerprint density at radius 3 is 2.79 bits per heavy atom. The van der Waals surface area contributed by atoms with Crippen molar-refractivity contribution in [3.05, 3.63) is 53.9 Å². The minimum atomic E-state index is -0.202. The molecule has 1 amide bonds. The topological polar surface area (TPSA) is 99.3 Å². The summed E-state index contributed by atoms with van der Waals surface area (Å²) in [5, 5.41) is 13.7. The monoisotopic (exact) mass is 320 g/mol. The Morgan fingerprint density at radius 2 is 1.96 bits per heavy atom. The van der Waals surface area contributed by atoms with Gasteiger partial charge in [-0.05, 0) is 30.7 Å². The number of nitrogens with zero attached hydrogens (tertiary/aromatic N) is 3. The first-order valence-corrected chi connectivity index (χ1v) is 7.81. The van der Waals surface area contributed by atoms with Crippen LogP contribution in [0.25, 0.3) is 22.1 Å². The van der Waals surface area contributed by atoms with Gasteiger partial charge in [0, 0.05) is 0 Å². The maximum absolute atomic E-state index is 12.7. The number of carbonyl (C=O) groups excluding carboxylic acids is 1. The standard InChI is InChI=1S/C17H16N6O/c1-2-11(16-18-12-7-3-4-8-13(12)19-16)20-17(24)10-6-5-9-14-15(10)22-23-21-14/h3-9,11H,2H2,1H3,(H,18,19)(H,20,24)(H,21,22,23)/t11-/m0/s1. The highest BCUT2D eigenvalue weighted by Gasteiger charge is 2.19. The van der Waals surface area contributed by atoms with E-state index in [-0.39, 0.29) is 11.9 Å². The van der Waals surface area contributed by atoms with E-state index in [0.717, 1.165) is 23.3 Å². The zero-order valence-electron chi connectivity index (χ0n) is 13.1. The lowest BCUT2D eigenvalue weighted by Gasteiger charge is -2.14. The molecule has 7 heteroatoms. The largest absolute Gasteiger partial charge is 0.342 e. The number of rotatable bonds is 4. The molecule has 0 spiro atoms. The fraction of sp³-hybridized carbons (Fsp3) is 0.176.